The van der Waals surface area contributed by atoms with Gasteiger partial charge < -0.3 is 20.1 Å². The third-order valence-corrected chi connectivity index (χ3v) is 5.98. The summed E-state index contributed by atoms with van der Waals surface area (Å²) in [7, 11) is 1.51. The third kappa shape index (κ3) is 6.81. The first-order valence-corrected chi connectivity index (χ1v) is 11.5. The van der Waals surface area contributed by atoms with Gasteiger partial charge >= 0.3 is 12.1 Å². The quantitative estimate of drug-likeness (QED) is 0.465. The minimum atomic E-state index is -1.00. The normalized spacial score (nSPS) is 12.0. The fourth-order valence-corrected chi connectivity index (χ4v) is 4.25. The van der Waals surface area contributed by atoms with Crippen molar-refractivity contribution in [3.05, 3.63) is 59.7 Å². The van der Waals surface area contributed by atoms with E-state index in [9.17, 15) is 14.4 Å². The monoisotopic (exact) mass is 452 g/mol. The van der Waals surface area contributed by atoms with Crippen LogP contribution in [0.3, 0.4) is 0 Å². The maximum Gasteiger partial charge on any atom is 0.407 e. The molecule has 1 aliphatic carbocycles. The highest BCUT2D eigenvalue weighted by Gasteiger charge is 2.28. The molecule has 2 amide bonds. The maximum atomic E-state index is 12.2. The van der Waals surface area contributed by atoms with Crippen molar-refractivity contribution in [2.75, 3.05) is 26.7 Å². The van der Waals surface area contributed by atoms with Crippen LogP contribution in [0, 0.1) is 0 Å². The van der Waals surface area contributed by atoms with Crippen LogP contribution in [0.5, 0.6) is 0 Å². The Morgan fingerprint density at radius 2 is 1.48 bits per heavy atom. The number of carbonyl (C=O) groups excluding carboxylic acids is 2. The number of amides is 2. The number of likely N-dealkylation sites (N-methyl/N-ethyl adjacent to an activating group) is 1. The Morgan fingerprint density at radius 1 is 0.909 bits per heavy atom. The molecule has 0 aliphatic heterocycles. The summed E-state index contributed by atoms with van der Waals surface area (Å²) in [5.41, 5.74) is 4.80. The van der Waals surface area contributed by atoms with E-state index in [1.165, 1.54) is 34.2 Å². The van der Waals surface area contributed by atoms with E-state index in [0.29, 0.717) is 19.6 Å². The molecule has 3 rings (SSSR count). The summed E-state index contributed by atoms with van der Waals surface area (Å²) in [5, 5.41) is 11.5. The van der Waals surface area contributed by atoms with E-state index < -0.39 is 12.1 Å². The SMILES string of the molecule is CN(CC(=O)O)C(=O)CCCCCCCNC(=O)OCC1c2ccccc2-c2ccccc21. The molecule has 0 radical (unpaired) electrons. The van der Waals surface area contributed by atoms with E-state index in [1.54, 1.807) is 0 Å². The molecule has 7 heteroatoms. The molecule has 176 valence electrons. The van der Waals surface area contributed by atoms with Crippen LogP contribution in [-0.2, 0) is 14.3 Å². The van der Waals surface area contributed by atoms with E-state index in [2.05, 4.69) is 29.6 Å². The average molecular weight is 453 g/mol. The minimum Gasteiger partial charge on any atom is -0.480 e. The molecule has 0 heterocycles. The van der Waals surface area contributed by atoms with Gasteiger partial charge in [-0.3, -0.25) is 9.59 Å². The molecule has 0 atom stereocenters. The van der Waals surface area contributed by atoms with Crippen molar-refractivity contribution >= 4 is 18.0 Å². The largest absolute Gasteiger partial charge is 0.480 e. The molecule has 2 aromatic rings. The van der Waals surface area contributed by atoms with Gasteiger partial charge in [0.05, 0.1) is 0 Å². The molecule has 0 fully saturated rings. The number of nitrogens with one attached hydrogen (secondary N) is 1. The van der Waals surface area contributed by atoms with Crippen molar-refractivity contribution in [2.45, 2.75) is 44.4 Å². The lowest BCUT2D eigenvalue weighted by atomic mass is 9.98. The number of carbonyl (C=O) groups is 3. The van der Waals surface area contributed by atoms with Gasteiger partial charge in [-0.25, -0.2) is 4.79 Å². The van der Waals surface area contributed by atoms with Crippen LogP contribution in [0.15, 0.2) is 48.5 Å². The second kappa shape index (κ2) is 12.0. The first-order valence-electron chi connectivity index (χ1n) is 11.5. The molecular formula is C26H32N2O5. The lowest BCUT2D eigenvalue weighted by Gasteiger charge is -2.14. The van der Waals surface area contributed by atoms with Crippen molar-refractivity contribution in [1.29, 1.82) is 0 Å². The van der Waals surface area contributed by atoms with Crippen LogP contribution in [0.1, 0.15) is 55.6 Å². The van der Waals surface area contributed by atoms with Gasteiger partial charge in [0.25, 0.3) is 0 Å². The minimum absolute atomic E-state index is 0.0559. The van der Waals surface area contributed by atoms with Crippen LogP contribution < -0.4 is 5.32 Å². The molecule has 33 heavy (non-hydrogen) atoms. The lowest BCUT2D eigenvalue weighted by Crippen LogP contribution is -2.31. The Hall–Kier alpha value is -3.35. The first kappa shape index (κ1) is 24.3. The smallest absolute Gasteiger partial charge is 0.407 e. The predicted octanol–water partition coefficient (Wildman–Crippen LogP) is 4.41. The number of benzene rings is 2. The standard InChI is InChI=1S/C26H32N2O5/c1-28(17-25(30)31)24(29)15-5-3-2-4-10-16-27-26(32)33-18-23-21-13-8-6-11-19(21)20-12-7-9-14-22(20)23/h6-9,11-14,23H,2-5,10,15-18H2,1H3,(H,27,32)(H,30,31). The van der Waals surface area contributed by atoms with Crippen molar-refractivity contribution in [3.8, 4) is 11.1 Å². The van der Waals surface area contributed by atoms with Gasteiger partial charge in [-0.1, -0.05) is 67.8 Å². The summed E-state index contributed by atoms with van der Waals surface area (Å²) in [4.78, 5) is 35.8. The van der Waals surface area contributed by atoms with E-state index >= 15 is 0 Å². The molecule has 2 aromatic carbocycles. The zero-order valence-electron chi connectivity index (χ0n) is 19.1. The third-order valence-electron chi connectivity index (χ3n) is 5.98. The van der Waals surface area contributed by atoms with Crippen LogP contribution in [0.2, 0.25) is 0 Å². The van der Waals surface area contributed by atoms with Gasteiger partial charge in [0.15, 0.2) is 0 Å². The number of nitrogens with zero attached hydrogens (tertiary/aromatic N) is 1. The number of hydrogen-bond acceptors (Lipinski definition) is 4. The summed E-state index contributed by atoms with van der Waals surface area (Å²) in [6.07, 6.45) is 4.35. The Morgan fingerprint density at radius 3 is 2.12 bits per heavy atom. The molecular weight excluding hydrogens is 420 g/mol. The first-order chi connectivity index (χ1) is 16.0. The summed E-state index contributed by atoms with van der Waals surface area (Å²) in [6, 6.07) is 16.5. The van der Waals surface area contributed by atoms with Crippen molar-refractivity contribution in [2.24, 2.45) is 0 Å². The lowest BCUT2D eigenvalue weighted by molar-refractivity contribution is -0.143. The molecule has 0 unspecified atom stereocenters. The van der Waals surface area contributed by atoms with E-state index in [1.807, 2.05) is 24.3 Å². The molecule has 0 spiro atoms. The number of carboxylic acids is 1. The fraction of sp³-hybridized carbons (Fsp3) is 0.423. The number of rotatable bonds is 12. The van der Waals surface area contributed by atoms with Crippen molar-refractivity contribution in [1.82, 2.24) is 10.2 Å². The second-order valence-electron chi connectivity index (χ2n) is 8.41. The summed E-state index contributed by atoms with van der Waals surface area (Å²) in [5.74, 6) is -1.09. The number of unbranched alkanes of at least 4 members (excludes halogenated alkanes) is 4. The van der Waals surface area contributed by atoms with Crippen LogP contribution >= 0.6 is 0 Å². The Labute approximate surface area is 194 Å². The highest BCUT2D eigenvalue weighted by atomic mass is 16.5. The summed E-state index contributed by atoms with van der Waals surface area (Å²) >= 11 is 0. The highest BCUT2D eigenvalue weighted by molar-refractivity contribution is 5.81. The van der Waals surface area contributed by atoms with Gasteiger partial charge in [0.1, 0.15) is 13.2 Å². The zero-order chi connectivity index (χ0) is 23.6. The number of fused-ring (bicyclic) bond motifs is 3. The van der Waals surface area contributed by atoms with E-state index in [4.69, 9.17) is 9.84 Å². The average Bonchev–Trinajstić information content (AvgIpc) is 3.12. The molecule has 0 aromatic heterocycles. The molecule has 0 saturated heterocycles. The van der Waals surface area contributed by atoms with Crippen LogP contribution in [-0.4, -0.2) is 54.7 Å². The number of carboxylic acid groups (broad SMARTS) is 1. The highest BCUT2D eigenvalue weighted by Crippen LogP contribution is 2.44. The van der Waals surface area contributed by atoms with Crippen molar-refractivity contribution in [3.63, 3.8) is 0 Å². The van der Waals surface area contributed by atoms with Crippen LogP contribution in [0.25, 0.3) is 11.1 Å². The van der Waals surface area contributed by atoms with Gasteiger partial charge in [-0.2, -0.15) is 0 Å². The predicted molar refractivity (Wildman–Crippen MR) is 126 cm³/mol. The summed E-state index contributed by atoms with van der Waals surface area (Å²) < 4.78 is 5.53. The van der Waals surface area contributed by atoms with Gasteiger partial charge in [-0.05, 0) is 35.1 Å². The maximum absolute atomic E-state index is 12.2. The number of aliphatic carboxylic acids is 1. The Bertz CT molecular complexity index is 929. The second-order valence-corrected chi connectivity index (χ2v) is 8.41. The fourth-order valence-electron chi connectivity index (χ4n) is 4.25. The van der Waals surface area contributed by atoms with Gasteiger partial charge in [0.2, 0.25) is 5.91 Å². The van der Waals surface area contributed by atoms with Gasteiger partial charge in [-0.15, -0.1) is 0 Å². The molecule has 0 bridgehead atoms. The number of hydrogen-bond donors (Lipinski definition) is 2. The topological polar surface area (TPSA) is 95.9 Å². The van der Waals surface area contributed by atoms with Gasteiger partial charge in [0, 0.05) is 25.9 Å². The van der Waals surface area contributed by atoms with Crippen molar-refractivity contribution < 1.29 is 24.2 Å². The summed E-state index contributed by atoms with van der Waals surface area (Å²) in [6.45, 7) is 0.599. The molecule has 7 nitrogen and oxygen atoms in total. The number of ether oxygens (including phenoxy) is 1. The van der Waals surface area contributed by atoms with E-state index in [-0.39, 0.29) is 18.4 Å². The van der Waals surface area contributed by atoms with E-state index in [0.717, 1.165) is 32.1 Å². The molecule has 0 saturated carbocycles. The number of alkyl carbamates (subject to hydrolysis) is 1. The van der Waals surface area contributed by atoms with Crippen LogP contribution in [0.4, 0.5) is 4.79 Å². The molecule has 1 aliphatic rings. The zero-order valence-corrected chi connectivity index (χ0v) is 19.1. The Balaban J connectivity index is 1.28. The Kier molecular flexibility index (Phi) is 8.87. The molecule has 2 N–H and O–H groups in total.